The normalized spacial score (nSPS) is 17.4. The molecule has 1 N–H and O–H groups in total. The number of nitrogens with zero attached hydrogens (tertiary/aromatic N) is 1. The predicted molar refractivity (Wildman–Crippen MR) is 71.8 cm³/mol. The molecule has 5 heteroatoms. The minimum Gasteiger partial charge on any atom is -0.497 e. The lowest BCUT2D eigenvalue weighted by atomic mass is 10.0. The average molecular weight is 265 g/mol. The number of halogens is 1. The highest BCUT2D eigenvalue weighted by atomic mass is 35.5. The number of rotatable bonds is 2. The summed E-state index contributed by atoms with van der Waals surface area (Å²) in [5.41, 5.74) is 4.94. The molecule has 0 saturated heterocycles. The lowest BCUT2D eigenvalue weighted by molar-refractivity contribution is -0.120. The molecule has 0 atom stereocenters. The Labute approximate surface area is 110 Å². The van der Waals surface area contributed by atoms with Gasteiger partial charge in [0.2, 0.25) is 5.91 Å². The number of methoxy groups -OCH3 is 1. The van der Waals surface area contributed by atoms with Crippen molar-refractivity contribution in [3.8, 4) is 5.75 Å². The largest absolute Gasteiger partial charge is 0.497 e. The maximum atomic E-state index is 11.3. The second-order valence-corrected chi connectivity index (χ2v) is 4.37. The molecule has 1 aliphatic rings. The first-order valence-electron chi connectivity index (χ1n) is 5.48. The Morgan fingerprint density at radius 1 is 1.50 bits per heavy atom. The Morgan fingerprint density at radius 2 is 2.28 bits per heavy atom. The molecular weight excluding hydrogens is 252 g/mol. The summed E-state index contributed by atoms with van der Waals surface area (Å²) in [6, 6.07) is 5.42. The van der Waals surface area contributed by atoms with Crippen LogP contribution in [0.1, 0.15) is 18.9 Å². The summed E-state index contributed by atoms with van der Waals surface area (Å²) in [6.07, 6.45) is 2.19. The molecule has 0 aromatic heterocycles. The Kier molecular flexibility index (Phi) is 3.67. The van der Waals surface area contributed by atoms with Crippen LogP contribution in [0.25, 0.3) is 6.08 Å². The van der Waals surface area contributed by atoms with Crippen molar-refractivity contribution in [2.45, 2.75) is 13.3 Å². The van der Waals surface area contributed by atoms with Crippen molar-refractivity contribution >= 4 is 29.3 Å². The second-order valence-electron chi connectivity index (χ2n) is 3.97. The van der Waals surface area contributed by atoms with Crippen LogP contribution in [0.4, 0.5) is 0 Å². The summed E-state index contributed by atoms with van der Waals surface area (Å²) in [5, 5.41) is 4.52. The first-order valence-corrected chi connectivity index (χ1v) is 5.85. The molecule has 4 nitrogen and oxygen atoms in total. The maximum Gasteiger partial charge on any atom is 0.244 e. The SMILES string of the molecule is COc1ccc(C=C2CC(=O)NN=C2C)c(Cl)c1. The number of amides is 1. The molecule has 2 rings (SSSR count). The molecule has 0 bridgehead atoms. The number of benzene rings is 1. The standard InChI is InChI=1S/C13H13ClN2O2/c1-8-10(6-13(17)16-15-8)5-9-3-4-11(18-2)7-12(9)14/h3-5,7H,6H2,1-2H3,(H,16,17). The zero-order valence-electron chi connectivity index (χ0n) is 10.2. The van der Waals surface area contributed by atoms with Gasteiger partial charge in [0.15, 0.2) is 0 Å². The number of hydrazone groups is 1. The van der Waals surface area contributed by atoms with E-state index in [9.17, 15) is 4.79 Å². The van der Waals surface area contributed by atoms with Gasteiger partial charge in [0, 0.05) is 0 Å². The zero-order valence-corrected chi connectivity index (χ0v) is 10.9. The average Bonchev–Trinajstić information content (AvgIpc) is 2.36. The van der Waals surface area contributed by atoms with Gasteiger partial charge in [-0.3, -0.25) is 4.79 Å². The fraction of sp³-hybridized carbons (Fsp3) is 0.231. The number of ether oxygens (including phenoxy) is 1. The monoisotopic (exact) mass is 264 g/mol. The van der Waals surface area contributed by atoms with E-state index < -0.39 is 0 Å². The van der Waals surface area contributed by atoms with E-state index in [1.807, 2.05) is 25.1 Å². The van der Waals surface area contributed by atoms with Gasteiger partial charge in [-0.2, -0.15) is 5.10 Å². The van der Waals surface area contributed by atoms with Gasteiger partial charge in [0.25, 0.3) is 0 Å². The minimum absolute atomic E-state index is 0.114. The van der Waals surface area contributed by atoms with E-state index in [1.54, 1.807) is 13.2 Å². The molecule has 0 saturated carbocycles. The number of hydrogen-bond donors (Lipinski definition) is 1. The predicted octanol–water partition coefficient (Wildman–Crippen LogP) is 2.63. The topological polar surface area (TPSA) is 50.7 Å². The lowest BCUT2D eigenvalue weighted by Gasteiger charge is -2.13. The van der Waals surface area contributed by atoms with Gasteiger partial charge in [-0.05, 0) is 42.3 Å². The smallest absolute Gasteiger partial charge is 0.244 e. The van der Waals surface area contributed by atoms with E-state index in [2.05, 4.69) is 10.5 Å². The fourth-order valence-corrected chi connectivity index (χ4v) is 1.88. The number of carbonyl (C=O) groups excluding carboxylic acids is 1. The lowest BCUT2D eigenvalue weighted by Crippen LogP contribution is -2.26. The van der Waals surface area contributed by atoms with E-state index in [0.29, 0.717) is 17.2 Å². The molecule has 1 aromatic carbocycles. The Morgan fingerprint density at radius 3 is 2.94 bits per heavy atom. The van der Waals surface area contributed by atoms with E-state index in [-0.39, 0.29) is 5.91 Å². The summed E-state index contributed by atoms with van der Waals surface area (Å²) in [6.45, 7) is 1.85. The highest BCUT2D eigenvalue weighted by Crippen LogP contribution is 2.25. The van der Waals surface area contributed by atoms with Crippen LogP contribution in [-0.2, 0) is 4.79 Å². The quantitative estimate of drug-likeness (QED) is 0.893. The van der Waals surface area contributed by atoms with E-state index in [1.165, 1.54) is 0 Å². The third kappa shape index (κ3) is 2.71. The summed E-state index contributed by atoms with van der Waals surface area (Å²) in [5.74, 6) is 0.588. The molecule has 0 spiro atoms. The van der Waals surface area contributed by atoms with E-state index in [4.69, 9.17) is 16.3 Å². The van der Waals surface area contributed by atoms with Gasteiger partial charge in [-0.25, -0.2) is 5.43 Å². The van der Waals surface area contributed by atoms with Crippen molar-refractivity contribution in [2.75, 3.05) is 7.11 Å². The van der Waals surface area contributed by atoms with Crippen molar-refractivity contribution in [3.63, 3.8) is 0 Å². The summed E-state index contributed by atoms with van der Waals surface area (Å²) < 4.78 is 5.09. The van der Waals surface area contributed by atoms with Gasteiger partial charge >= 0.3 is 0 Å². The van der Waals surface area contributed by atoms with E-state index in [0.717, 1.165) is 16.8 Å². The molecule has 1 aromatic rings. The van der Waals surface area contributed by atoms with Crippen LogP contribution in [0.15, 0.2) is 28.9 Å². The summed E-state index contributed by atoms with van der Waals surface area (Å²) in [4.78, 5) is 11.3. The number of carbonyl (C=O) groups is 1. The van der Waals surface area contributed by atoms with Crippen molar-refractivity contribution in [1.82, 2.24) is 5.43 Å². The van der Waals surface area contributed by atoms with Crippen LogP contribution in [0.2, 0.25) is 5.02 Å². The zero-order chi connectivity index (χ0) is 13.1. The molecule has 94 valence electrons. The van der Waals surface area contributed by atoms with Crippen LogP contribution in [0.5, 0.6) is 5.75 Å². The fourth-order valence-electron chi connectivity index (χ4n) is 1.65. The van der Waals surface area contributed by atoms with Crippen LogP contribution in [-0.4, -0.2) is 18.7 Å². The van der Waals surface area contributed by atoms with Crippen LogP contribution in [0, 0.1) is 0 Å². The van der Waals surface area contributed by atoms with E-state index >= 15 is 0 Å². The molecule has 0 unspecified atom stereocenters. The van der Waals surface area contributed by atoms with Crippen LogP contribution < -0.4 is 10.2 Å². The van der Waals surface area contributed by atoms with Crippen molar-refractivity contribution in [1.29, 1.82) is 0 Å². The third-order valence-corrected chi connectivity index (χ3v) is 3.03. The molecule has 1 amide bonds. The van der Waals surface area contributed by atoms with Crippen LogP contribution in [0.3, 0.4) is 0 Å². The van der Waals surface area contributed by atoms with Gasteiger partial charge in [0.1, 0.15) is 5.75 Å². The first kappa shape index (κ1) is 12.6. The Balaban J connectivity index is 2.35. The van der Waals surface area contributed by atoms with Crippen molar-refractivity contribution in [2.24, 2.45) is 5.10 Å². The first-order chi connectivity index (χ1) is 8.60. The Hall–Kier alpha value is -1.81. The van der Waals surface area contributed by atoms with Gasteiger partial charge in [-0.1, -0.05) is 11.6 Å². The Bertz CT molecular complexity index is 550. The number of hydrogen-bond acceptors (Lipinski definition) is 3. The highest BCUT2D eigenvalue weighted by molar-refractivity contribution is 6.32. The van der Waals surface area contributed by atoms with Gasteiger partial charge in [0.05, 0.1) is 24.3 Å². The van der Waals surface area contributed by atoms with Crippen molar-refractivity contribution in [3.05, 3.63) is 34.4 Å². The van der Waals surface area contributed by atoms with Gasteiger partial charge in [-0.15, -0.1) is 0 Å². The molecule has 0 aliphatic carbocycles. The molecular formula is C13H13ClN2O2. The third-order valence-electron chi connectivity index (χ3n) is 2.70. The molecule has 18 heavy (non-hydrogen) atoms. The highest BCUT2D eigenvalue weighted by Gasteiger charge is 2.14. The molecule has 1 aliphatic heterocycles. The minimum atomic E-state index is -0.114. The summed E-state index contributed by atoms with van der Waals surface area (Å²) in [7, 11) is 1.59. The maximum absolute atomic E-state index is 11.3. The van der Waals surface area contributed by atoms with Crippen molar-refractivity contribution < 1.29 is 9.53 Å². The second kappa shape index (κ2) is 5.23. The van der Waals surface area contributed by atoms with Crippen LogP contribution >= 0.6 is 11.6 Å². The van der Waals surface area contributed by atoms with Gasteiger partial charge < -0.3 is 4.74 Å². The molecule has 0 radical (unpaired) electrons. The number of nitrogens with one attached hydrogen (secondary N) is 1. The molecule has 1 heterocycles. The summed E-state index contributed by atoms with van der Waals surface area (Å²) >= 11 is 6.15. The molecule has 0 fully saturated rings.